The van der Waals surface area contributed by atoms with E-state index in [-0.39, 0.29) is 0 Å². The minimum absolute atomic E-state index is 0.436. The van der Waals surface area contributed by atoms with Crippen molar-refractivity contribution >= 4 is 11.6 Å². The molecule has 1 aromatic rings. The van der Waals surface area contributed by atoms with Crippen LogP contribution in [0.3, 0.4) is 0 Å². The van der Waals surface area contributed by atoms with Crippen molar-refractivity contribution in [3.63, 3.8) is 0 Å². The van der Waals surface area contributed by atoms with Crippen molar-refractivity contribution in [2.75, 3.05) is 0 Å². The zero-order valence-electron chi connectivity index (χ0n) is 5.55. The lowest BCUT2D eigenvalue weighted by Crippen LogP contribution is -1.80. The zero-order valence-corrected chi connectivity index (χ0v) is 6.31. The fourth-order valence-corrected chi connectivity index (χ4v) is 0.945. The van der Waals surface area contributed by atoms with Gasteiger partial charge in [-0.3, -0.25) is 0 Å². The highest BCUT2D eigenvalue weighted by Crippen LogP contribution is 2.07. The summed E-state index contributed by atoms with van der Waals surface area (Å²) >= 11 is 5.51. The molecule has 1 aromatic carbocycles. The van der Waals surface area contributed by atoms with Gasteiger partial charge >= 0.3 is 0 Å². The van der Waals surface area contributed by atoms with Crippen LogP contribution >= 0.6 is 11.6 Å². The molecule has 0 spiro atoms. The van der Waals surface area contributed by atoms with Crippen molar-refractivity contribution in [1.82, 2.24) is 0 Å². The molecule has 1 radical (unpaired) electrons. The van der Waals surface area contributed by atoms with Crippen LogP contribution in [0.1, 0.15) is 5.56 Å². The molecule has 0 bridgehead atoms. The predicted molar refractivity (Wildman–Crippen MR) is 43.8 cm³/mol. The second-order valence-electron chi connectivity index (χ2n) is 2.11. The van der Waals surface area contributed by atoms with Crippen LogP contribution in [0, 0.1) is 6.58 Å². The average molecular weight is 152 g/mol. The molecule has 0 N–H and O–H groups in total. The molecule has 0 atom stereocenters. The first kappa shape index (κ1) is 7.36. The van der Waals surface area contributed by atoms with Gasteiger partial charge in [-0.15, -0.1) is 0 Å². The number of hydrogen-bond donors (Lipinski definition) is 0. The van der Waals surface area contributed by atoms with Gasteiger partial charge in [0.1, 0.15) is 0 Å². The van der Waals surface area contributed by atoms with Gasteiger partial charge in [0.15, 0.2) is 0 Å². The molecule has 1 heteroatoms. The molecule has 0 amide bonds. The summed E-state index contributed by atoms with van der Waals surface area (Å²) in [5.74, 6) is 0. The predicted octanol–water partition coefficient (Wildman–Crippen LogP) is 2.78. The zero-order chi connectivity index (χ0) is 7.40. The standard InChI is InChI=1S/C9H8Cl/c1-8(10)7-9-5-3-2-4-6-9/h1-6H,7H2. The normalized spacial score (nSPS) is 9.30. The minimum Gasteiger partial charge on any atom is -0.0888 e. The highest BCUT2D eigenvalue weighted by molar-refractivity contribution is 6.29. The lowest BCUT2D eigenvalue weighted by atomic mass is 10.2. The number of allylic oxidation sites excluding steroid dienone is 1. The fraction of sp³-hybridized carbons (Fsp3) is 0.111. The van der Waals surface area contributed by atoms with E-state index in [0.29, 0.717) is 11.5 Å². The minimum atomic E-state index is 0.436. The fourth-order valence-electron chi connectivity index (χ4n) is 0.791. The maximum absolute atomic E-state index is 5.51. The van der Waals surface area contributed by atoms with Crippen LogP contribution in [-0.4, -0.2) is 0 Å². The van der Waals surface area contributed by atoms with E-state index in [2.05, 4.69) is 0 Å². The molecule has 1 rings (SSSR count). The summed E-state index contributed by atoms with van der Waals surface area (Å²) in [6.45, 7) is 5.31. The molecule has 10 heavy (non-hydrogen) atoms. The van der Waals surface area contributed by atoms with Crippen molar-refractivity contribution in [2.24, 2.45) is 0 Å². The van der Waals surface area contributed by atoms with E-state index < -0.39 is 0 Å². The summed E-state index contributed by atoms with van der Waals surface area (Å²) in [6, 6.07) is 9.89. The monoisotopic (exact) mass is 151 g/mol. The molecule has 0 saturated carbocycles. The SMILES string of the molecule is [CH]=C(Cl)Cc1ccccc1. The van der Waals surface area contributed by atoms with Gasteiger partial charge in [-0.1, -0.05) is 41.9 Å². The van der Waals surface area contributed by atoms with Crippen LogP contribution in [-0.2, 0) is 6.42 Å². The Morgan fingerprint density at radius 1 is 1.30 bits per heavy atom. The van der Waals surface area contributed by atoms with Crippen molar-refractivity contribution < 1.29 is 0 Å². The Balaban J connectivity index is 2.67. The summed E-state index contributed by atoms with van der Waals surface area (Å²) < 4.78 is 0. The Labute approximate surface area is 66.1 Å². The van der Waals surface area contributed by atoms with Gasteiger partial charge in [-0.2, -0.15) is 0 Å². The van der Waals surface area contributed by atoms with E-state index in [0.717, 1.165) is 5.56 Å². The Kier molecular flexibility index (Phi) is 2.52. The summed E-state index contributed by atoms with van der Waals surface area (Å²) in [5, 5.41) is 0.436. The van der Waals surface area contributed by atoms with Gasteiger partial charge in [0.2, 0.25) is 0 Å². The molecule has 0 unspecified atom stereocenters. The quantitative estimate of drug-likeness (QED) is 0.610. The molecule has 0 heterocycles. The second kappa shape index (κ2) is 3.43. The average Bonchev–Trinajstić information content (AvgIpc) is 1.88. The maximum Gasteiger partial charge on any atom is 0.0225 e. The van der Waals surface area contributed by atoms with E-state index in [1.54, 1.807) is 0 Å². The summed E-state index contributed by atoms with van der Waals surface area (Å²) in [4.78, 5) is 0. The van der Waals surface area contributed by atoms with Crippen molar-refractivity contribution in [2.45, 2.75) is 6.42 Å². The topological polar surface area (TPSA) is 0 Å². The molecule has 0 aliphatic carbocycles. The third-order valence-electron chi connectivity index (χ3n) is 1.22. The lowest BCUT2D eigenvalue weighted by Gasteiger charge is -1.95. The molecule has 0 fully saturated rings. The second-order valence-corrected chi connectivity index (χ2v) is 2.59. The third-order valence-corrected chi connectivity index (χ3v) is 1.35. The van der Waals surface area contributed by atoms with Crippen LogP contribution in [0.5, 0.6) is 0 Å². The molecule has 0 aliphatic rings. The van der Waals surface area contributed by atoms with E-state index >= 15 is 0 Å². The number of halogens is 1. The molecule has 0 nitrogen and oxygen atoms in total. The number of hydrogen-bond acceptors (Lipinski definition) is 0. The smallest absolute Gasteiger partial charge is 0.0225 e. The van der Waals surface area contributed by atoms with Gasteiger partial charge in [-0.25, -0.2) is 0 Å². The molecular formula is C9H8Cl. The highest BCUT2D eigenvalue weighted by atomic mass is 35.5. The van der Waals surface area contributed by atoms with E-state index in [1.807, 2.05) is 30.3 Å². The number of benzene rings is 1. The Morgan fingerprint density at radius 3 is 2.40 bits per heavy atom. The molecule has 0 saturated heterocycles. The first-order valence-corrected chi connectivity index (χ1v) is 3.47. The van der Waals surface area contributed by atoms with Gasteiger partial charge in [0, 0.05) is 11.5 Å². The van der Waals surface area contributed by atoms with Gasteiger partial charge in [0.05, 0.1) is 0 Å². The summed E-state index contributed by atoms with van der Waals surface area (Å²) in [6.07, 6.45) is 0.655. The Hall–Kier alpha value is -0.750. The molecule has 51 valence electrons. The summed E-state index contributed by atoms with van der Waals surface area (Å²) in [5.41, 5.74) is 1.15. The lowest BCUT2D eigenvalue weighted by molar-refractivity contribution is 1.25. The Morgan fingerprint density at radius 2 is 1.90 bits per heavy atom. The molecular weight excluding hydrogens is 144 g/mol. The van der Waals surface area contributed by atoms with Crippen molar-refractivity contribution in [1.29, 1.82) is 0 Å². The van der Waals surface area contributed by atoms with E-state index in [1.165, 1.54) is 0 Å². The van der Waals surface area contributed by atoms with Crippen LogP contribution in [0.4, 0.5) is 0 Å². The van der Waals surface area contributed by atoms with Crippen LogP contribution in [0.25, 0.3) is 0 Å². The van der Waals surface area contributed by atoms with Crippen molar-refractivity contribution in [3.8, 4) is 0 Å². The van der Waals surface area contributed by atoms with Gasteiger partial charge in [-0.05, 0) is 12.1 Å². The van der Waals surface area contributed by atoms with Crippen molar-refractivity contribution in [3.05, 3.63) is 47.5 Å². The van der Waals surface area contributed by atoms with E-state index in [9.17, 15) is 0 Å². The van der Waals surface area contributed by atoms with Crippen LogP contribution in [0.2, 0.25) is 0 Å². The first-order chi connectivity index (χ1) is 4.79. The maximum atomic E-state index is 5.51. The molecule has 0 aromatic heterocycles. The Bertz CT molecular complexity index is 213. The van der Waals surface area contributed by atoms with Crippen LogP contribution < -0.4 is 0 Å². The first-order valence-electron chi connectivity index (χ1n) is 3.10. The number of rotatable bonds is 2. The van der Waals surface area contributed by atoms with Gasteiger partial charge < -0.3 is 0 Å². The molecule has 0 aliphatic heterocycles. The highest BCUT2D eigenvalue weighted by Gasteiger charge is 1.90. The van der Waals surface area contributed by atoms with Gasteiger partial charge in [0.25, 0.3) is 0 Å². The van der Waals surface area contributed by atoms with Crippen LogP contribution in [0.15, 0.2) is 35.4 Å². The van der Waals surface area contributed by atoms with E-state index in [4.69, 9.17) is 18.2 Å². The third kappa shape index (κ3) is 2.24. The largest absolute Gasteiger partial charge is 0.0888 e. The summed E-state index contributed by atoms with van der Waals surface area (Å²) in [7, 11) is 0.